The molecule has 0 atom stereocenters. The van der Waals surface area contributed by atoms with Gasteiger partial charge in [0.05, 0.1) is 16.2 Å². The van der Waals surface area contributed by atoms with E-state index < -0.39 is 4.92 Å². The lowest BCUT2D eigenvalue weighted by Gasteiger charge is -2.21. The van der Waals surface area contributed by atoms with Crippen molar-refractivity contribution in [1.29, 1.82) is 0 Å². The van der Waals surface area contributed by atoms with Crippen LogP contribution in [0.5, 0.6) is 0 Å². The highest BCUT2D eigenvalue weighted by Crippen LogP contribution is 2.28. The van der Waals surface area contributed by atoms with Crippen LogP contribution in [0.1, 0.15) is 34.3 Å². The maximum absolute atomic E-state index is 12.8. The van der Waals surface area contributed by atoms with Gasteiger partial charge in [0, 0.05) is 38.3 Å². The molecule has 2 aromatic rings. The van der Waals surface area contributed by atoms with Crippen LogP contribution in [0.3, 0.4) is 0 Å². The van der Waals surface area contributed by atoms with Gasteiger partial charge in [0.2, 0.25) is 0 Å². The molecule has 0 saturated carbocycles. The number of nitro groups is 1. The van der Waals surface area contributed by atoms with E-state index >= 15 is 0 Å². The second-order valence-corrected chi connectivity index (χ2v) is 7.39. The predicted octanol–water partition coefficient (Wildman–Crippen LogP) is 3.19. The summed E-state index contributed by atoms with van der Waals surface area (Å²) in [6, 6.07) is 12.6. The zero-order valence-corrected chi connectivity index (χ0v) is 16.4. The van der Waals surface area contributed by atoms with Gasteiger partial charge in [0.15, 0.2) is 0 Å². The number of benzene rings is 2. The van der Waals surface area contributed by atoms with Crippen LogP contribution in [0, 0.1) is 10.1 Å². The summed E-state index contributed by atoms with van der Waals surface area (Å²) in [6.07, 6.45) is 2.13. The highest BCUT2D eigenvalue weighted by atomic mass is 16.6. The van der Waals surface area contributed by atoms with Crippen molar-refractivity contribution in [3.63, 3.8) is 0 Å². The topological polar surface area (TPSA) is 78.7 Å². The minimum absolute atomic E-state index is 0.0684. The number of carbonyl (C=O) groups excluding carboxylic acids is 1. The summed E-state index contributed by atoms with van der Waals surface area (Å²) < 4.78 is 0. The molecule has 1 fully saturated rings. The van der Waals surface area contributed by atoms with E-state index in [4.69, 9.17) is 0 Å². The molecule has 3 rings (SSSR count). The SMILES string of the molecule is CN(C)Cc1ccc(CNC(=O)c2cc([N+](=O)[O-])ccc2N2CCCC2)cc1. The van der Waals surface area contributed by atoms with Crippen molar-refractivity contribution in [2.75, 3.05) is 32.1 Å². The third kappa shape index (κ3) is 4.86. The monoisotopic (exact) mass is 382 g/mol. The predicted molar refractivity (Wildman–Crippen MR) is 110 cm³/mol. The summed E-state index contributed by atoms with van der Waals surface area (Å²) in [4.78, 5) is 27.7. The summed E-state index contributed by atoms with van der Waals surface area (Å²) in [5, 5.41) is 14.1. The molecular formula is C21H26N4O3. The molecule has 1 saturated heterocycles. The summed E-state index contributed by atoms with van der Waals surface area (Å²) in [7, 11) is 4.04. The third-order valence-corrected chi connectivity index (χ3v) is 4.86. The lowest BCUT2D eigenvalue weighted by molar-refractivity contribution is -0.384. The maximum Gasteiger partial charge on any atom is 0.270 e. The Kier molecular flexibility index (Phi) is 6.26. The number of amides is 1. The maximum atomic E-state index is 12.8. The number of nitro benzene ring substituents is 1. The van der Waals surface area contributed by atoms with Gasteiger partial charge >= 0.3 is 0 Å². The zero-order chi connectivity index (χ0) is 20.1. The summed E-state index contributed by atoms with van der Waals surface area (Å²) in [6.45, 7) is 2.97. The second kappa shape index (κ2) is 8.84. The van der Waals surface area contributed by atoms with Crippen LogP contribution in [0.25, 0.3) is 0 Å². The first-order chi connectivity index (χ1) is 13.4. The summed E-state index contributed by atoms with van der Waals surface area (Å²) in [5.74, 6) is -0.289. The number of nitrogens with one attached hydrogen (secondary N) is 1. The van der Waals surface area contributed by atoms with Crippen molar-refractivity contribution in [2.24, 2.45) is 0 Å². The van der Waals surface area contributed by atoms with Crippen LogP contribution < -0.4 is 10.2 Å². The van der Waals surface area contributed by atoms with Crippen LogP contribution in [0.4, 0.5) is 11.4 Å². The largest absolute Gasteiger partial charge is 0.371 e. The summed E-state index contributed by atoms with van der Waals surface area (Å²) in [5.41, 5.74) is 3.25. The first-order valence-corrected chi connectivity index (χ1v) is 9.48. The summed E-state index contributed by atoms with van der Waals surface area (Å²) >= 11 is 0. The average Bonchev–Trinajstić information content (AvgIpc) is 3.21. The molecule has 1 heterocycles. The third-order valence-electron chi connectivity index (χ3n) is 4.86. The molecule has 148 valence electrons. The Labute approximate surface area is 165 Å². The molecule has 7 heteroatoms. The Hall–Kier alpha value is -2.93. The van der Waals surface area contributed by atoms with Crippen LogP contribution in [-0.4, -0.2) is 42.9 Å². The molecular weight excluding hydrogens is 356 g/mol. The molecule has 0 unspecified atom stereocenters. The molecule has 0 radical (unpaired) electrons. The van der Waals surface area contributed by atoms with Gasteiger partial charge in [0.1, 0.15) is 0 Å². The lowest BCUT2D eigenvalue weighted by atomic mass is 10.1. The van der Waals surface area contributed by atoms with Gasteiger partial charge in [-0.25, -0.2) is 0 Å². The van der Waals surface area contributed by atoms with Crippen molar-refractivity contribution in [3.8, 4) is 0 Å². The number of nitrogens with zero attached hydrogens (tertiary/aromatic N) is 3. The molecule has 0 aromatic heterocycles. The molecule has 28 heavy (non-hydrogen) atoms. The van der Waals surface area contributed by atoms with Gasteiger partial charge < -0.3 is 15.1 Å². The smallest absolute Gasteiger partial charge is 0.270 e. The van der Waals surface area contributed by atoms with E-state index in [1.54, 1.807) is 6.07 Å². The number of carbonyl (C=O) groups is 1. The molecule has 2 aromatic carbocycles. The van der Waals surface area contributed by atoms with E-state index in [1.807, 2.05) is 38.4 Å². The van der Waals surface area contributed by atoms with Crippen molar-refractivity contribution < 1.29 is 9.72 Å². The van der Waals surface area contributed by atoms with Gasteiger partial charge in [-0.3, -0.25) is 14.9 Å². The molecule has 0 aliphatic carbocycles. The van der Waals surface area contributed by atoms with Gasteiger partial charge in [-0.2, -0.15) is 0 Å². The van der Waals surface area contributed by atoms with E-state index in [0.717, 1.165) is 43.7 Å². The van der Waals surface area contributed by atoms with Crippen LogP contribution >= 0.6 is 0 Å². The van der Waals surface area contributed by atoms with E-state index in [0.29, 0.717) is 12.1 Å². The zero-order valence-electron chi connectivity index (χ0n) is 16.4. The fourth-order valence-electron chi connectivity index (χ4n) is 3.46. The Balaban J connectivity index is 1.73. The molecule has 1 N–H and O–H groups in total. The van der Waals surface area contributed by atoms with E-state index in [-0.39, 0.29) is 11.6 Å². The Morgan fingerprint density at radius 1 is 1.11 bits per heavy atom. The number of hydrogen-bond acceptors (Lipinski definition) is 5. The molecule has 1 aliphatic rings. The van der Waals surface area contributed by atoms with Crippen molar-refractivity contribution in [2.45, 2.75) is 25.9 Å². The Morgan fingerprint density at radius 2 is 1.75 bits per heavy atom. The lowest BCUT2D eigenvalue weighted by Crippen LogP contribution is -2.27. The first kappa shape index (κ1) is 19.8. The minimum atomic E-state index is -0.464. The highest BCUT2D eigenvalue weighted by molar-refractivity contribution is 6.00. The first-order valence-electron chi connectivity index (χ1n) is 9.48. The fourth-order valence-corrected chi connectivity index (χ4v) is 3.46. The number of hydrogen-bond donors (Lipinski definition) is 1. The minimum Gasteiger partial charge on any atom is -0.371 e. The molecule has 1 aliphatic heterocycles. The van der Waals surface area contributed by atoms with Crippen LogP contribution in [-0.2, 0) is 13.1 Å². The number of non-ortho nitro benzene ring substituents is 1. The Morgan fingerprint density at radius 3 is 2.36 bits per heavy atom. The van der Waals surface area contributed by atoms with Gasteiger partial charge in [-0.15, -0.1) is 0 Å². The van der Waals surface area contributed by atoms with E-state index in [9.17, 15) is 14.9 Å². The van der Waals surface area contributed by atoms with Crippen molar-refractivity contribution in [3.05, 3.63) is 69.3 Å². The second-order valence-electron chi connectivity index (χ2n) is 7.39. The molecule has 7 nitrogen and oxygen atoms in total. The highest BCUT2D eigenvalue weighted by Gasteiger charge is 2.22. The van der Waals surface area contributed by atoms with Crippen LogP contribution in [0.2, 0.25) is 0 Å². The normalized spacial score (nSPS) is 13.8. The number of anilines is 1. The van der Waals surface area contributed by atoms with Crippen molar-refractivity contribution >= 4 is 17.3 Å². The van der Waals surface area contributed by atoms with Gasteiger partial charge in [-0.05, 0) is 44.1 Å². The molecule has 0 spiro atoms. The van der Waals surface area contributed by atoms with Crippen molar-refractivity contribution in [1.82, 2.24) is 10.2 Å². The molecule has 0 bridgehead atoms. The number of rotatable bonds is 7. The quantitative estimate of drug-likeness (QED) is 0.588. The molecule has 1 amide bonds. The fraction of sp³-hybridized carbons (Fsp3) is 0.381. The van der Waals surface area contributed by atoms with Gasteiger partial charge in [-0.1, -0.05) is 24.3 Å². The standard InChI is InChI=1S/C21H26N4O3/c1-23(2)15-17-7-5-16(6-8-17)14-22-21(26)19-13-18(25(27)28)9-10-20(19)24-11-3-4-12-24/h5-10,13H,3-4,11-12,14-15H2,1-2H3,(H,22,26). The average molecular weight is 382 g/mol. The van der Waals surface area contributed by atoms with E-state index in [1.165, 1.54) is 17.7 Å². The van der Waals surface area contributed by atoms with Crippen LogP contribution in [0.15, 0.2) is 42.5 Å². The van der Waals surface area contributed by atoms with E-state index in [2.05, 4.69) is 15.1 Å². The Bertz CT molecular complexity index is 843. The van der Waals surface area contributed by atoms with Gasteiger partial charge in [0.25, 0.3) is 11.6 Å².